The lowest BCUT2D eigenvalue weighted by molar-refractivity contribution is 0.300. The Balaban J connectivity index is 1.66. The van der Waals surface area contributed by atoms with Crippen LogP contribution in [-0.4, -0.2) is 12.1 Å². The van der Waals surface area contributed by atoms with Gasteiger partial charge in [0.25, 0.3) is 0 Å². The van der Waals surface area contributed by atoms with Gasteiger partial charge in [-0.25, -0.2) is 0 Å². The molecule has 3 atom stereocenters. The molecule has 0 aliphatic heterocycles. The largest absolute Gasteiger partial charge is 0.328 e. The molecule has 1 fully saturated rings. The summed E-state index contributed by atoms with van der Waals surface area (Å²) in [5.41, 5.74) is 7.64. The normalized spacial score (nSPS) is 33.4. The quantitative estimate of drug-likeness (QED) is 0.847. The molecule has 3 N–H and O–H groups in total. The van der Waals surface area contributed by atoms with Gasteiger partial charge in [-0.3, -0.25) is 0 Å². The molecule has 1 heterocycles. The van der Waals surface area contributed by atoms with Crippen molar-refractivity contribution in [1.29, 1.82) is 0 Å². The lowest BCUT2D eigenvalue weighted by Gasteiger charge is -2.33. The molecule has 94 valence electrons. The van der Waals surface area contributed by atoms with Gasteiger partial charge in [0, 0.05) is 23.0 Å². The number of nitrogens with two attached hydrogens (primary N) is 1. The molecule has 0 saturated heterocycles. The standard InChI is InChI=1S/C14H22N2S/c15-10-3-1-4-11(9-10)16-13-5-2-6-14-12(13)7-8-17-14/h7-8,10-11,13,16H,1-6,9,15H2. The number of fused-ring (bicyclic) bond motifs is 1. The molecule has 0 spiro atoms. The van der Waals surface area contributed by atoms with Crippen molar-refractivity contribution in [2.75, 3.05) is 0 Å². The Morgan fingerprint density at radius 1 is 1.24 bits per heavy atom. The molecule has 0 aromatic carbocycles. The molecule has 2 aliphatic carbocycles. The summed E-state index contributed by atoms with van der Waals surface area (Å²) in [6.45, 7) is 0. The van der Waals surface area contributed by atoms with Gasteiger partial charge in [0.05, 0.1) is 0 Å². The predicted molar refractivity (Wildman–Crippen MR) is 73.4 cm³/mol. The Labute approximate surface area is 108 Å². The van der Waals surface area contributed by atoms with Crippen LogP contribution in [0.5, 0.6) is 0 Å². The van der Waals surface area contributed by atoms with Crippen LogP contribution in [0.25, 0.3) is 0 Å². The average Bonchev–Trinajstić information content (AvgIpc) is 2.78. The first kappa shape index (κ1) is 11.7. The molecule has 17 heavy (non-hydrogen) atoms. The SMILES string of the molecule is NC1CCCC(NC2CCCc3sccc32)C1. The van der Waals surface area contributed by atoms with Crippen molar-refractivity contribution in [3.05, 3.63) is 21.9 Å². The highest BCUT2D eigenvalue weighted by atomic mass is 32.1. The molecule has 3 unspecified atom stereocenters. The molecular formula is C14H22N2S. The van der Waals surface area contributed by atoms with Crippen LogP contribution >= 0.6 is 11.3 Å². The van der Waals surface area contributed by atoms with E-state index in [1.807, 2.05) is 11.3 Å². The van der Waals surface area contributed by atoms with E-state index in [9.17, 15) is 0 Å². The molecule has 3 heteroatoms. The second-order valence-corrected chi connectivity index (χ2v) is 6.53. The van der Waals surface area contributed by atoms with E-state index in [2.05, 4.69) is 16.8 Å². The van der Waals surface area contributed by atoms with Crippen LogP contribution in [0.4, 0.5) is 0 Å². The smallest absolute Gasteiger partial charge is 0.0333 e. The monoisotopic (exact) mass is 250 g/mol. The lowest BCUT2D eigenvalue weighted by Crippen LogP contribution is -2.41. The lowest BCUT2D eigenvalue weighted by atomic mass is 9.88. The van der Waals surface area contributed by atoms with Gasteiger partial charge in [-0.05, 0) is 55.5 Å². The van der Waals surface area contributed by atoms with Gasteiger partial charge in [0.15, 0.2) is 0 Å². The first-order chi connectivity index (χ1) is 8.33. The van der Waals surface area contributed by atoms with Crippen molar-refractivity contribution in [3.63, 3.8) is 0 Å². The van der Waals surface area contributed by atoms with Crippen molar-refractivity contribution in [3.8, 4) is 0 Å². The average molecular weight is 250 g/mol. The van der Waals surface area contributed by atoms with Crippen molar-refractivity contribution in [1.82, 2.24) is 5.32 Å². The summed E-state index contributed by atoms with van der Waals surface area (Å²) in [5.74, 6) is 0. The minimum absolute atomic E-state index is 0.423. The second kappa shape index (κ2) is 5.09. The van der Waals surface area contributed by atoms with Crippen molar-refractivity contribution >= 4 is 11.3 Å². The summed E-state index contributed by atoms with van der Waals surface area (Å²) < 4.78 is 0. The van der Waals surface area contributed by atoms with Crippen LogP contribution in [0, 0.1) is 0 Å². The second-order valence-electron chi connectivity index (χ2n) is 5.53. The number of nitrogens with one attached hydrogen (secondary N) is 1. The fourth-order valence-corrected chi connectivity index (χ4v) is 4.31. The maximum Gasteiger partial charge on any atom is 0.0333 e. The predicted octanol–water partition coefficient (Wildman–Crippen LogP) is 2.99. The minimum Gasteiger partial charge on any atom is -0.328 e. The molecule has 3 rings (SSSR count). The van der Waals surface area contributed by atoms with Gasteiger partial charge in [-0.2, -0.15) is 0 Å². The van der Waals surface area contributed by atoms with Crippen LogP contribution in [0.2, 0.25) is 0 Å². The van der Waals surface area contributed by atoms with Gasteiger partial charge in [0.2, 0.25) is 0 Å². The number of hydrogen-bond donors (Lipinski definition) is 2. The Morgan fingerprint density at radius 2 is 2.18 bits per heavy atom. The highest BCUT2D eigenvalue weighted by Crippen LogP contribution is 2.34. The molecule has 2 aliphatic rings. The van der Waals surface area contributed by atoms with Crippen molar-refractivity contribution < 1.29 is 0 Å². The molecular weight excluding hydrogens is 228 g/mol. The van der Waals surface area contributed by atoms with E-state index in [0.717, 1.165) is 6.42 Å². The van der Waals surface area contributed by atoms with Crippen molar-refractivity contribution in [2.45, 2.75) is 63.1 Å². The van der Waals surface area contributed by atoms with E-state index in [1.165, 1.54) is 38.5 Å². The number of aryl methyl sites for hydroxylation is 1. The van der Waals surface area contributed by atoms with Gasteiger partial charge in [0.1, 0.15) is 0 Å². The molecule has 0 radical (unpaired) electrons. The Bertz CT molecular complexity index is 374. The number of rotatable bonds is 2. The van der Waals surface area contributed by atoms with E-state index in [0.29, 0.717) is 18.1 Å². The third-order valence-corrected chi connectivity index (χ3v) is 5.20. The summed E-state index contributed by atoms with van der Waals surface area (Å²) in [6.07, 6.45) is 8.91. The molecule has 0 amide bonds. The fourth-order valence-electron chi connectivity index (χ4n) is 3.32. The van der Waals surface area contributed by atoms with Crippen molar-refractivity contribution in [2.24, 2.45) is 5.73 Å². The topological polar surface area (TPSA) is 38.0 Å². The van der Waals surface area contributed by atoms with E-state index in [4.69, 9.17) is 5.73 Å². The summed E-state index contributed by atoms with van der Waals surface area (Å²) in [6, 6.07) is 3.99. The third-order valence-electron chi connectivity index (χ3n) is 4.20. The zero-order valence-electron chi connectivity index (χ0n) is 10.3. The summed E-state index contributed by atoms with van der Waals surface area (Å²) in [4.78, 5) is 1.61. The molecule has 1 aromatic heterocycles. The van der Waals surface area contributed by atoms with E-state index < -0.39 is 0 Å². The fraction of sp³-hybridized carbons (Fsp3) is 0.714. The molecule has 1 aromatic rings. The van der Waals surface area contributed by atoms with Crippen LogP contribution in [-0.2, 0) is 6.42 Å². The van der Waals surface area contributed by atoms with Crippen LogP contribution < -0.4 is 11.1 Å². The molecule has 2 nitrogen and oxygen atoms in total. The first-order valence-electron chi connectivity index (χ1n) is 6.91. The zero-order valence-corrected chi connectivity index (χ0v) is 11.1. The van der Waals surface area contributed by atoms with Gasteiger partial charge in [-0.15, -0.1) is 11.3 Å². The van der Waals surface area contributed by atoms with Gasteiger partial charge >= 0.3 is 0 Å². The maximum atomic E-state index is 6.07. The first-order valence-corrected chi connectivity index (χ1v) is 7.79. The minimum atomic E-state index is 0.423. The van der Waals surface area contributed by atoms with Crippen LogP contribution in [0.1, 0.15) is 55.0 Å². The molecule has 0 bridgehead atoms. The van der Waals surface area contributed by atoms with Gasteiger partial charge in [-0.1, -0.05) is 6.42 Å². The number of thiophene rings is 1. The van der Waals surface area contributed by atoms with Gasteiger partial charge < -0.3 is 11.1 Å². The van der Waals surface area contributed by atoms with Crippen LogP contribution in [0.15, 0.2) is 11.4 Å². The van der Waals surface area contributed by atoms with E-state index >= 15 is 0 Å². The number of hydrogen-bond acceptors (Lipinski definition) is 3. The highest BCUT2D eigenvalue weighted by Gasteiger charge is 2.26. The Kier molecular flexibility index (Phi) is 3.50. The van der Waals surface area contributed by atoms with E-state index in [1.54, 1.807) is 10.4 Å². The highest BCUT2D eigenvalue weighted by molar-refractivity contribution is 7.10. The Morgan fingerprint density at radius 3 is 3.06 bits per heavy atom. The summed E-state index contributed by atoms with van der Waals surface area (Å²) in [7, 11) is 0. The Hall–Kier alpha value is -0.380. The van der Waals surface area contributed by atoms with E-state index in [-0.39, 0.29) is 0 Å². The maximum absolute atomic E-state index is 6.07. The zero-order chi connectivity index (χ0) is 11.7. The molecule has 1 saturated carbocycles. The third kappa shape index (κ3) is 2.56. The summed E-state index contributed by atoms with van der Waals surface area (Å²) in [5, 5.41) is 6.10. The summed E-state index contributed by atoms with van der Waals surface area (Å²) >= 11 is 1.93. The van der Waals surface area contributed by atoms with Crippen LogP contribution in [0.3, 0.4) is 0 Å².